The van der Waals surface area contributed by atoms with Crippen LogP contribution in [0.2, 0.25) is 0 Å². The number of nitriles is 1. The molecule has 2 rings (SSSR count). The molecule has 102 valence electrons. The first-order chi connectivity index (χ1) is 8.90. The Morgan fingerprint density at radius 3 is 2.42 bits per heavy atom. The van der Waals surface area contributed by atoms with Crippen molar-refractivity contribution in [3.05, 3.63) is 29.3 Å². The fourth-order valence-corrected chi connectivity index (χ4v) is 2.77. The number of benzene rings is 1. The van der Waals surface area contributed by atoms with Gasteiger partial charge < -0.3 is 4.74 Å². The summed E-state index contributed by atoms with van der Waals surface area (Å²) in [4.78, 5) is 0. The van der Waals surface area contributed by atoms with Crippen molar-refractivity contribution in [2.24, 2.45) is 5.41 Å². The highest BCUT2D eigenvalue weighted by Gasteiger charge is 2.37. The van der Waals surface area contributed by atoms with Gasteiger partial charge >= 0.3 is 0 Å². The second kappa shape index (κ2) is 4.89. The van der Waals surface area contributed by atoms with Gasteiger partial charge in [0.1, 0.15) is 5.75 Å². The number of nitrogens with zero attached hydrogens (tertiary/aromatic N) is 1. The van der Waals surface area contributed by atoms with Crippen LogP contribution in [0, 0.1) is 16.7 Å². The number of methoxy groups -OCH3 is 1. The molecule has 1 aliphatic rings. The zero-order valence-electron chi connectivity index (χ0n) is 12.4. The molecule has 1 fully saturated rings. The molecular weight excluding hydrogens is 234 g/mol. The van der Waals surface area contributed by atoms with Crippen LogP contribution >= 0.6 is 0 Å². The van der Waals surface area contributed by atoms with Gasteiger partial charge in [-0.3, -0.25) is 0 Å². The Labute approximate surface area is 116 Å². The lowest BCUT2D eigenvalue weighted by atomic mass is 9.66. The van der Waals surface area contributed by atoms with Crippen LogP contribution < -0.4 is 4.74 Å². The Kier molecular flexibility index (Phi) is 3.58. The van der Waals surface area contributed by atoms with Crippen LogP contribution in [0.4, 0.5) is 0 Å². The number of hydrogen-bond acceptors (Lipinski definition) is 2. The van der Waals surface area contributed by atoms with Crippen molar-refractivity contribution in [1.82, 2.24) is 0 Å². The largest absolute Gasteiger partial charge is 0.496 e. The quantitative estimate of drug-likeness (QED) is 0.811. The molecule has 2 nitrogen and oxygen atoms in total. The van der Waals surface area contributed by atoms with Gasteiger partial charge in [-0.05, 0) is 41.9 Å². The van der Waals surface area contributed by atoms with Crippen LogP contribution in [0.5, 0.6) is 5.75 Å². The Morgan fingerprint density at radius 2 is 2.00 bits per heavy atom. The first kappa shape index (κ1) is 13.9. The van der Waals surface area contributed by atoms with E-state index in [2.05, 4.69) is 39.0 Å². The van der Waals surface area contributed by atoms with E-state index in [9.17, 15) is 5.26 Å². The molecule has 0 unspecified atom stereocenters. The molecule has 0 bridgehead atoms. The average molecular weight is 257 g/mol. The molecule has 1 aliphatic carbocycles. The molecule has 0 amide bonds. The van der Waals surface area contributed by atoms with Gasteiger partial charge in [0.2, 0.25) is 0 Å². The minimum absolute atomic E-state index is 0.0563. The summed E-state index contributed by atoms with van der Waals surface area (Å²) in [6, 6.07) is 8.88. The number of ether oxygens (including phenoxy) is 1. The van der Waals surface area contributed by atoms with Gasteiger partial charge in [0, 0.05) is 0 Å². The lowest BCUT2D eigenvalue weighted by molar-refractivity contribution is 0.214. The summed E-state index contributed by atoms with van der Waals surface area (Å²) < 4.78 is 5.46. The lowest BCUT2D eigenvalue weighted by Crippen LogP contribution is -2.30. The third kappa shape index (κ3) is 2.76. The molecule has 0 aromatic heterocycles. The summed E-state index contributed by atoms with van der Waals surface area (Å²) >= 11 is 0. The van der Waals surface area contributed by atoms with Crippen molar-refractivity contribution >= 4 is 0 Å². The van der Waals surface area contributed by atoms with Gasteiger partial charge in [-0.15, -0.1) is 0 Å². The first-order valence-corrected chi connectivity index (χ1v) is 6.99. The summed E-state index contributed by atoms with van der Waals surface area (Å²) in [6.45, 7) is 6.58. The summed E-state index contributed by atoms with van der Waals surface area (Å²) in [6.07, 6.45) is 4.15. The van der Waals surface area contributed by atoms with Crippen LogP contribution in [0.1, 0.15) is 51.2 Å². The van der Waals surface area contributed by atoms with Crippen molar-refractivity contribution in [2.45, 2.75) is 51.9 Å². The fraction of sp³-hybridized carbons (Fsp3) is 0.588. The molecule has 0 aliphatic heterocycles. The molecule has 0 saturated heterocycles. The molecule has 1 saturated carbocycles. The summed E-state index contributed by atoms with van der Waals surface area (Å²) in [5, 5.41) is 9.35. The molecule has 1 aromatic carbocycles. The van der Waals surface area contributed by atoms with E-state index in [0.29, 0.717) is 0 Å². The lowest BCUT2D eigenvalue weighted by Gasteiger charge is -2.35. The van der Waals surface area contributed by atoms with Gasteiger partial charge in [0.05, 0.1) is 18.6 Å². The van der Waals surface area contributed by atoms with Crippen molar-refractivity contribution in [3.63, 3.8) is 0 Å². The smallest absolute Gasteiger partial charge is 0.122 e. The third-order valence-corrected chi connectivity index (χ3v) is 4.16. The van der Waals surface area contributed by atoms with Crippen LogP contribution in [-0.2, 0) is 11.8 Å². The zero-order valence-corrected chi connectivity index (χ0v) is 12.4. The van der Waals surface area contributed by atoms with E-state index in [0.717, 1.165) is 25.0 Å². The normalized spacial score (nSPS) is 17.4. The van der Waals surface area contributed by atoms with Gasteiger partial charge in [-0.25, -0.2) is 0 Å². The Morgan fingerprint density at radius 1 is 1.32 bits per heavy atom. The molecule has 2 heteroatoms. The highest BCUT2D eigenvalue weighted by atomic mass is 16.5. The van der Waals surface area contributed by atoms with Gasteiger partial charge in [-0.2, -0.15) is 5.26 Å². The maximum atomic E-state index is 9.35. The van der Waals surface area contributed by atoms with Crippen molar-refractivity contribution < 1.29 is 4.74 Å². The molecule has 19 heavy (non-hydrogen) atoms. The molecule has 0 heterocycles. The Hall–Kier alpha value is -1.49. The number of rotatable bonds is 3. The van der Waals surface area contributed by atoms with E-state index >= 15 is 0 Å². The van der Waals surface area contributed by atoms with Crippen LogP contribution in [0.25, 0.3) is 0 Å². The minimum atomic E-state index is -0.107. The Bertz CT molecular complexity index is 501. The van der Waals surface area contributed by atoms with Gasteiger partial charge in [0.25, 0.3) is 0 Å². The SMILES string of the molecule is COc1ccc(CC2(C#N)CCC2)cc1C(C)(C)C. The fourth-order valence-electron chi connectivity index (χ4n) is 2.77. The molecule has 0 N–H and O–H groups in total. The highest BCUT2D eigenvalue weighted by Crippen LogP contribution is 2.44. The van der Waals surface area contributed by atoms with Gasteiger partial charge in [-0.1, -0.05) is 39.3 Å². The molecular formula is C17H23NO. The maximum absolute atomic E-state index is 9.35. The first-order valence-electron chi connectivity index (χ1n) is 6.99. The summed E-state index contributed by atoms with van der Waals surface area (Å²) in [5.41, 5.74) is 2.43. The van der Waals surface area contributed by atoms with Crippen LogP contribution in [0.3, 0.4) is 0 Å². The van der Waals surface area contributed by atoms with E-state index in [1.165, 1.54) is 17.5 Å². The third-order valence-electron chi connectivity index (χ3n) is 4.16. The second-order valence-corrected chi connectivity index (χ2v) is 6.71. The van der Waals surface area contributed by atoms with Crippen molar-refractivity contribution in [3.8, 4) is 11.8 Å². The topological polar surface area (TPSA) is 33.0 Å². The number of hydrogen-bond donors (Lipinski definition) is 0. The zero-order chi connectivity index (χ0) is 14.1. The van der Waals surface area contributed by atoms with Crippen molar-refractivity contribution in [2.75, 3.05) is 7.11 Å². The molecule has 0 spiro atoms. The van der Waals surface area contributed by atoms with E-state index in [4.69, 9.17) is 4.74 Å². The predicted octanol–water partition coefficient (Wildman–Crippen LogP) is 4.23. The second-order valence-electron chi connectivity index (χ2n) is 6.71. The maximum Gasteiger partial charge on any atom is 0.122 e. The van der Waals surface area contributed by atoms with Crippen molar-refractivity contribution in [1.29, 1.82) is 5.26 Å². The average Bonchev–Trinajstić information content (AvgIpc) is 2.32. The molecule has 1 aromatic rings. The van der Waals surface area contributed by atoms with Gasteiger partial charge in [0.15, 0.2) is 0 Å². The molecule has 0 atom stereocenters. The standard InChI is InChI=1S/C17H23NO/c1-16(2,3)14-10-13(6-7-15(14)19-4)11-17(12-18)8-5-9-17/h6-7,10H,5,8-9,11H2,1-4H3. The predicted molar refractivity (Wildman–Crippen MR) is 77.3 cm³/mol. The minimum Gasteiger partial charge on any atom is -0.496 e. The summed E-state index contributed by atoms with van der Waals surface area (Å²) in [7, 11) is 1.72. The monoisotopic (exact) mass is 257 g/mol. The highest BCUT2D eigenvalue weighted by molar-refractivity contribution is 5.42. The Balaban J connectivity index is 2.31. The molecule has 0 radical (unpaired) electrons. The van der Waals surface area contributed by atoms with E-state index in [1.54, 1.807) is 7.11 Å². The van der Waals surface area contributed by atoms with E-state index < -0.39 is 0 Å². The van der Waals surface area contributed by atoms with Crippen LogP contribution in [0.15, 0.2) is 18.2 Å². The van der Waals surface area contributed by atoms with E-state index in [-0.39, 0.29) is 10.8 Å². The van der Waals surface area contributed by atoms with Crippen LogP contribution in [-0.4, -0.2) is 7.11 Å². The van der Waals surface area contributed by atoms with E-state index in [1.807, 2.05) is 6.07 Å². The summed E-state index contributed by atoms with van der Waals surface area (Å²) in [5.74, 6) is 0.941.